The van der Waals surface area contributed by atoms with E-state index in [0.29, 0.717) is 78.0 Å². The molecule has 0 atom stereocenters. The molecule has 4 rings (SSSR count). The largest absolute Gasteiger partial charge is 0.490 e. The van der Waals surface area contributed by atoms with Crippen LogP contribution in [0.2, 0.25) is 0 Å². The molecule has 0 saturated carbocycles. The summed E-state index contributed by atoms with van der Waals surface area (Å²) in [4.78, 5) is 26.7. The maximum absolute atomic E-state index is 13.5. The Hall–Kier alpha value is -3.68. The maximum atomic E-state index is 13.5. The molecule has 0 unspecified atom stereocenters. The minimum absolute atomic E-state index is 0.177. The Morgan fingerprint density at radius 2 is 1.65 bits per heavy atom. The SMILES string of the molecule is CCOc1cc2c(C(=O)Nc3ccc4c(c3)OCCO4)cn(CC(C)C)c(=O)c2cc1OCC. The van der Waals surface area contributed by atoms with E-state index in [9.17, 15) is 9.59 Å². The highest BCUT2D eigenvalue weighted by atomic mass is 16.6. The number of fused-ring (bicyclic) bond motifs is 2. The van der Waals surface area contributed by atoms with Crippen LogP contribution in [0.4, 0.5) is 5.69 Å². The molecule has 1 aliphatic rings. The molecule has 180 valence electrons. The van der Waals surface area contributed by atoms with Crippen LogP contribution in [0.1, 0.15) is 38.1 Å². The van der Waals surface area contributed by atoms with Gasteiger partial charge >= 0.3 is 0 Å². The summed E-state index contributed by atoms with van der Waals surface area (Å²) < 4.78 is 24.2. The minimum atomic E-state index is -0.342. The number of nitrogens with zero attached hydrogens (tertiary/aromatic N) is 1. The molecule has 0 bridgehead atoms. The van der Waals surface area contributed by atoms with Gasteiger partial charge in [-0.05, 0) is 44.0 Å². The van der Waals surface area contributed by atoms with Crippen molar-refractivity contribution in [3.63, 3.8) is 0 Å². The second-order valence-electron chi connectivity index (χ2n) is 8.42. The van der Waals surface area contributed by atoms with Gasteiger partial charge in [-0.25, -0.2) is 0 Å². The second-order valence-corrected chi connectivity index (χ2v) is 8.42. The first kappa shape index (κ1) is 23.5. The first-order valence-corrected chi connectivity index (χ1v) is 11.6. The lowest BCUT2D eigenvalue weighted by atomic mass is 10.0. The summed E-state index contributed by atoms with van der Waals surface area (Å²) >= 11 is 0. The lowest BCUT2D eigenvalue weighted by Crippen LogP contribution is -2.25. The third kappa shape index (κ3) is 4.81. The average Bonchev–Trinajstić information content (AvgIpc) is 2.81. The number of carbonyl (C=O) groups excluding carboxylic acids is 1. The van der Waals surface area contributed by atoms with E-state index < -0.39 is 0 Å². The van der Waals surface area contributed by atoms with E-state index in [0.717, 1.165) is 0 Å². The molecule has 0 saturated heterocycles. The van der Waals surface area contributed by atoms with Crippen LogP contribution in [0, 0.1) is 5.92 Å². The predicted molar refractivity (Wildman–Crippen MR) is 131 cm³/mol. The van der Waals surface area contributed by atoms with Crippen molar-refractivity contribution in [2.45, 2.75) is 34.2 Å². The molecule has 1 aromatic heterocycles. The highest BCUT2D eigenvalue weighted by Gasteiger charge is 2.20. The van der Waals surface area contributed by atoms with Gasteiger partial charge in [-0.15, -0.1) is 0 Å². The van der Waals surface area contributed by atoms with E-state index >= 15 is 0 Å². The van der Waals surface area contributed by atoms with E-state index in [1.807, 2.05) is 27.7 Å². The fraction of sp³-hybridized carbons (Fsp3) is 0.385. The molecule has 0 spiro atoms. The van der Waals surface area contributed by atoms with Crippen LogP contribution in [0.25, 0.3) is 10.8 Å². The zero-order valence-electron chi connectivity index (χ0n) is 20.0. The van der Waals surface area contributed by atoms with Crippen molar-refractivity contribution in [2.24, 2.45) is 5.92 Å². The number of benzene rings is 2. The Morgan fingerprint density at radius 1 is 1.00 bits per heavy atom. The van der Waals surface area contributed by atoms with Crippen molar-refractivity contribution in [1.29, 1.82) is 0 Å². The molecular weight excluding hydrogens is 436 g/mol. The topological polar surface area (TPSA) is 88.0 Å². The van der Waals surface area contributed by atoms with E-state index in [1.165, 1.54) is 0 Å². The van der Waals surface area contributed by atoms with Gasteiger partial charge in [0.25, 0.3) is 11.5 Å². The first-order valence-electron chi connectivity index (χ1n) is 11.6. The molecule has 0 radical (unpaired) electrons. The summed E-state index contributed by atoms with van der Waals surface area (Å²) in [5, 5.41) is 3.84. The van der Waals surface area contributed by atoms with Crippen LogP contribution >= 0.6 is 0 Å². The monoisotopic (exact) mass is 466 g/mol. The van der Waals surface area contributed by atoms with Crippen molar-refractivity contribution < 1.29 is 23.7 Å². The van der Waals surface area contributed by atoms with Crippen LogP contribution in [-0.4, -0.2) is 36.9 Å². The number of carbonyl (C=O) groups is 1. The molecule has 1 aliphatic heterocycles. The number of hydrogen-bond acceptors (Lipinski definition) is 6. The number of rotatable bonds is 8. The molecule has 0 fully saturated rings. The van der Waals surface area contributed by atoms with Crippen LogP contribution < -0.4 is 29.8 Å². The number of amides is 1. The predicted octanol–water partition coefficient (Wildman–Crippen LogP) is 4.48. The Morgan fingerprint density at radius 3 is 2.29 bits per heavy atom. The summed E-state index contributed by atoms with van der Waals surface area (Å²) in [5.74, 6) is 2.08. The highest BCUT2D eigenvalue weighted by Crippen LogP contribution is 2.35. The molecule has 8 heteroatoms. The second kappa shape index (κ2) is 10.1. The van der Waals surface area contributed by atoms with Crippen molar-refractivity contribution in [2.75, 3.05) is 31.7 Å². The standard InChI is InChI=1S/C26H30N2O6/c1-5-31-23-12-18-19(13-24(23)32-6-2)26(30)28(14-16(3)4)15-20(18)25(29)27-17-7-8-21-22(11-17)34-10-9-33-21/h7-8,11-13,15-16H,5-6,9-10,14H2,1-4H3,(H,27,29). The van der Waals surface area contributed by atoms with Gasteiger partial charge in [0, 0.05) is 29.9 Å². The van der Waals surface area contributed by atoms with Gasteiger partial charge in [0.2, 0.25) is 0 Å². The summed E-state index contributed by atoms with van der Waals surface area (Å²) in [5.41, 5.74) is 0.762. The molecule has 2 aromatic carbocycles. The molecule has 1 amide bonds. The fourth-order valence-corrected chi connectivity index (χ4v) is 3.96. The van der Waals surface area contributed by atoms with Crippen LogP contribution in [0.3, 0.4) is 0 Å². The molecular formula is C26H30N2O6. The maximum Gasteiger partial charge on any atom is 0.258 e. The molecule has 34 heavy (non-hydrogen) atoms. The summed E-state index contributed by atoms with van der Waals surface area (Å²) in [6.07, 6.45) is 1.62. The average molecular weight is 467 g/mol. The van der Waals surface area contributed by atoms with Gasteiger partial charge in [0.1, 0.15) is 13.2 Å². The van der Waals surface area contributed by atoms with Crippen LogP contribution in [0.5, 0.6) is 23.0 Å². The molecule has 2 heterocycles. The number of aromatic nitrogens is 1. The quantitative estimate of drug-likeness (QED) is 0.527. The van der Waals surface area contributed by atoms with Crippen LogP contribution in [-0.2, 0) is 6.54 Å². The number of pyridine rings is 1. The first-order chi connectivity index (χ1) is 16.4. The lowest BCUT2D eigenvalue weighted by Gasteiger charge is -2.19. The highest BCUT2D eigenvalue weighted by molar-refractivity contribution is 6.13. The third-order valence-corrected chi connectivity index (χ3v) is 5.36. The summed E-state index contributed by atoms with van der Waals surface area (Å²) in [7, 11) is 0. The zero-order chi connectivity index (χ0) is 24.2. The molecule has 8 nitrogen and oxygen atoms in total. The van der Waals surface area contributed by atoms with Crippen molar-refractivity contribution in [1.82, 2.24) is 4.57 Å². The van der Waals surface area contributed by atoms with Gasteiger partial charge in [0.05, 0.1) is 24.2 Å². The van der Waals surface area contributed by atoms with Crippen molar-refractivity contribution in [3.05, 3.63) is 52.4 Å². The van der Waals surface area contributed by atoms with Gasteiger partial charge in [-0.1, -0.05) is 13.8 Å². The normalized spacial score (nSPS) is 12.6. The van der Waals surface area contributed by atoms with E-state index in [-0.39, 0.29) is 17.4 Å². The molecule has 3 aromatic rings. The zero-order valence-corrected chi connectivity index (χ0v) is 20.0. The molecule has 0 aliphatic carbocycles. The van der Waals surface area contributed by atoms with Gasteiger partial charge < -0.3 is 28.8 Å². The van der Waals surface area contributed by atoms with Crippen molar-refractivity contribution in [3.8, 4) is 23.0 Å². The smallest absolute Gasteiger partial charge is 0.258 e. The number of hydrogen-bond donors (Lipinski definition) is 1. The van der Waals surface area contributed by atoms with Gasteiger partial charge in [-0.3, -0.25) is 9.59 Å². The minimum Gasteiger partial charge on any atom is -0.490 e. The Balaban J connectivity index is 1.82. The van der Waals surface area contributed by atoms with E-state index in [2.05, 4.69) is 5.32 Å². The van der Waals surface area contributed by atoms with Gasteiger partial charge in [-0.2, -0.15) is 0 Å². The van der Waals surface area contributed by atoms with Crippen molar-refractivity contribution >= 4 is 22.4 Å². The van der Waals surface area contributed by atoms with E-state index in [4.69, 9.17) is 18.9 Å². The number of anilines is 1. The summed E-state index contributed by atoms with van der Waals surface area (Å²) in [6, 6.07) is 8.64. The van der Waals surface area contributed by atoms with E-state index in [1.54, 1.807) is 41.1 Å². The van der Waals surface area contributed by atoms with Gasteiger partial charge in [0.15, 0.2) is 23.0 Å². The Labute approximate surface area is 198 Å². The fourth-order valence-electron chi connectivity index (χ4n) is 3.96. The van der Waals surface area contributed by atoms with Crippen LogP contribution in [0.15, 0.2) is 41.3 Å². The summed E-state index contributed by atoms with van der Waals surface area (Å²) in [6.45, 7) is 10.1. The Kier molecular flexibility index (Phi) is 6.95. The third-order valence-electron chi connectivity index (χ3n) is 5.36. The molecule has 1 N–H and O–H groups in total. The lowest BCUT2D eigenvalue weighted by molar-refractivity contribution is 0.102. The number of ether oxygens (including phenoxy) is 4. The number of nitrogens with one attached hydrogen (secondary N) is 1. The Bertz CT molecular complexity index is 1260.